The van der Waals surface area contributed by atoms with Crippen LogP contribution < -0.4 is 4.74 Å². The van der Waals surface area contributed by atoms with Gasteiger partial charge in [-0.05, 0) is 65.1 Å². The van der Waals surface area contributed by atoms with Crippen LogP contribution in [0, 0.1) is 0 Å². The quantitative estimate of drug-likeness (QED) is 0.175. The van der Waals surface area contributed by atoms with Crippen molar-refractivity contribution < 1.29 is 22.7 Å². The first-order chi connectivity index (χ1) is 21.1. The zero-order valence-electron chi connectivity index (χ0n) is 24.2. The van der Waals surface area contributed by atoms with Gasteiger partial charge in [-0.15, -0.1) is 16.4 Å². The van der Waals surface area contributed by atoms with Crippen LogP contribution in [-0.4, -0.2) is 57.9 Å². The van der Waals surface area contributed by atoms with Gasteiger partial charge in [0.2, 0.25) is 15.9 Å². The second kappa shape index (κ2) is 12.2. The Morgan fingerprint density at radius 2 is 2.02 bits per heavy atom. The van der Waals surface area contributed by atoms with Gasteiger partial charge in [-0.3, -0.25) is 4.79 Å². The molecule has 230 valence electrons. The number of nitrogens with zero attached hydrogens (tertiary/aromatic N) is 5. The summed E-state index contributed by atoms with van der Waals surface area (Å²) in [6.45, 7) is 4.14. The molecule has 0 saturated heterocycles. The lowest BCUT2D eigenvalue weighted by atomic mass is 9.86. The number of carbonyl (C=O) groups is 1. The summed E-state index contributed by atoms with van der Waals surface area (Å²) in [5.41, 5.74) is 3.57. The van der Waals surface area contributed by atoms with Gasteiger partial charge in [0.25, 0.3) is 0 Å². The van der Waals surface area contributed by atoms with E-state index in [4.69, 9.17) is 32.7 Å². The molecule has 0 spiro atoms. The number of halogens is 2. The monoisotopic (exact) mass is 673 g/mol. The minimum atomic E-state index is -4.02. The molecular weight excluding hydrogens is 645 g/mol. The second-order valence-electron chi connectivity index (χ2n) is 10.5. The van der Waals surface area contributed by atoms with Crippen molar-refractivity contribution in [2.45, 2.75) is 50.2 Å². The molecule has 3 aromatic heterocycles. The Bertz CT molecular complexity index is 1990. The first-order valence-electron chi connectivity index (χ1n) is 14.1. The lowest BCUT2D eigenvalue weighted by molar-refractivity contribution is -0.143. The van der Waals surface area contributed by atoms with E-state index < -0.39 is 22.0 Å². The summed E-state index contributed by atoms with van der Waals surface area (Å²) in [6, 6.07) is 11.1. The van der Waals surface area contributed by atoms with Gasteiger partial charge in [-0.2, -0.15) is 4.31 Å². The maximum atomic E-state index is 14.0. The van der Waals surface area contributed by atoms with E-state index in [0.717, 1.165) is 26.7 Å². The third kappa shape index (κ3) is 5.65. The third-order valence-electron chi connectivity index (χ3n) is 7.75. The van der Waals surface area contributed by atoms with Crippen molar-refractivity contribution in [3.63, 3.8) is 0 Å². The van der Waals surface area contributed by atoms with Crippen LogP contribution in [0.2, 0.25) is 10.0 Å². The molecule has 0 N–H and O–H groups in total. The van der Waals surface area contributed by atoms with Gasteiger partial charge >= 0.3 is 5.97 Å². The number of ether oxygens (including phenoxy) is 2. The van der Waals surface area contributed by atoms with E-state index in [0.29, 0.717) is 22.5 Å². The number of thiophene rings is 1. The SMILES string of the molecule is CCOC(=O)CC(c1cc(CN2C[C@@H](CC)Oc3ncc(Cl)cc3S2(=O)=O)c2sccc2c1)c1ccc2c(nnn2C)c1Cl. The van der Waals surface area contributed by atoms with Crippen LogP contribution in [0.1, 0.15) is 49.3 Å². The van der Waals surface area contributed by atoms with Crippen molar-refractivity contribution in [3.05, 3.63) is 74.7 Å². The molecule has 0 fully saturated rings. The van der Waals surface area contributed by atoms with E-state index in [-0.39, 0.29) is 47.9 Å². The molecule has 44 heavy (non-hydrogen) atoms. The summed E-state index contributed by atoms with van der Waals surface area (Å²) in [6.07, 6.45) is 1.58. The molecule has 14 heteroatoms. The zero-order valence-corrected chi connectivity index (χ0v) is 27.3. The lowest BCUT2D eigenvalue weighted by Gasteiger charge is -2.24. The average molecular weight is 675 g/mol. The number of hydrogen-bond donors (Lipinski definition) is 0. The number of pyridine rings is 1. The van der Waals surface area contributed by atoms with Gasteiger partial charge in [-0.1, -0.05) is 47.5 Å². The summed E-state index contributed by atoms with van der Waals surface area (Å²) in [5.74, 6) is -0.826. The summed E-state index contributed by atoms with van der Waals surface area (Å²) < 4.78 is 43.4. The van der Waals surface area contributed by atoms with Crippen molar-refractivity contribution in [1.82, 2.24) is 24.3 Å². The van der Waals surface area contributed by atoms with E-state index in [1.54, 1.807) is 18.7 Å². The smallest absolute Gasteiger partial charge is 0.306 e. The molecule has 10 nitrogen and oxygen atoms in total. The highest BCUT2D eigenvalue weighted by atomic mass is 35.5. The molecule has 5 aromatic rings. The average Bonchev–Trinajstić information content (AvgIpc) is 3.61. The number of rotatable bonds is 8. The zero-order chi connectivity index (χ0) is 31.2. The van der Waals surface area contributed by atoms with Gasteiger partial charge in [0, 0.05) is 30.4 Å². The molecule has 0 radical (unpaired) electrons. The van der Waals surface area contributed by atoms with Gasteiger partial charge < -0.3 is 9.47 Å². The summed E-state index contributed by atoms with van der Waals surface area (Å²) in [5, 5.41) is 11.8. The summed E-state index contributed by atoms with van der Waals surface area (Å²) >= 11 is 14.6. The van der Waals surface area contributed by atoms with Crippen LogP contribution in [0.4, 0.5) is 0 Å². The van der Waals surface area contributed by atoms with E-state index in [9.17, 15) is 13.2 Å². The Labute approximate surface area is 268 Å². The van der Waals surface area contributed by atoms with Gasteiger partial charge in [0.15, 0.2) is 0 Å². The van der Waals surface area contributed by atoms with Crippen LogP contribution in [0.3, 0.4) is 0 Å². The molecular formula is C30H29Cl2N5O5S2. The normalized spacial score (nSPS) is 17.2. The van der Waals surface area contributed by atoms with E-state index in [1.807, 2.05) is 42.6 Å². The predicted octanol–water partition coefficient (Wildman–Crippen LogP) is 6.33. The molecule has 0 amide bonds. The number of aryl methyl sites for hydroxylation is 1. The number of fused-ring (bicyclic) bond motifs is 3. The predicted molar refractivity (Wildman–Crippen MR) is 170 cm³/mol. The Morgan fingerprint density at radius 1 is 1.20 bits per heavy atom. The van der Waals surface area contributed by atoms with E-state index >= 15 is 0 Å². The molecule has 2 aromatic carbocycles. The molecule has 0 saturated carbocycles. The number of aromatic nitrogens is 4. The Kier molecular flexibility index (Phi) is 8.55. The van der Waals surface area contributed by atoms with Gasteiger partial charge in [-0.25, -0.2) is 18.1 Å². The fourth-order valence-corrected chi connectivity index (χ4v) is 8.53. The number of benzene rings is 2. The highest BCUT2D eigenvalue weighted by Crippen LogP contribution is 2.40. The number of hydrogen-bond acceptors (Lipinski definition) is 9. The lowest BCUT2D eigenvalue weighted by Crippen LogP contribution is -2.36. The number of sulfonamides is 1. The molecule has 1 aliphatic heterocycles. The van der Waals surface area contributed by atoms with Gasteiger partial charge in [0.05, 0.1) is 35.1 Å². The molecule has 1 aliphatic rings. The first-order valence-corrected chi connectivity index (χ1v) is 17.1. The Balaban J connectivity index is 1.47. The van der Waals surface area contributed by atoms with Crippen molar-refractivity contribution in [3.8, 4) is 5.88 Å². The van der Waals surface area contributed by atoms with Crippen molar-refractivity contribution >= 4 is 71.7 Å². The topological polar surface area (TPSA) is 117 Å². The minimum absolute atomic E-state index is 0.0275. The van der Waals surface area contributed by atoms with E-state index in [2.05, 4.69) is 15.3 Å². The number of esters is 1. The minimum Gasteiger partial charge on any atom is -0.472 e. The standard InChI is InChI=1S/C30H29Cl2N5O5S2/c1-4-21-16-37(44(39,40)25-12-20(31)14-33-30(25)42-21)15-19-11-18(10-17-8-9-43-29(17)19)23(13-26(38)41-5-2)22-6-7-24-28(27(22)32)34-35-36(24)3/h6-12,14,21,23H,4-5,13,15-16H2,1-3H3/t21-,23?/m1/s1. The highest BCUT2D eigenvalue weighted by Gasteiger charge is 2.36. The molecule has 0 aliphatic carbocycles. The molecule has 0 bridgehead atoms. The largest absolute Gasteiger partial charge is 0.472 e. The molecule has 6 rings (SSSR count). The van der Waals surface area contributed by atoms with Crippen LogP contribution in [0.5, 0.6) is 5.88 Å². The maximum Gasteiger partial charge on any atom is 0.306 e. The number of carbonyl (C=O) groups excluding carboxylic acids is 1. The van der Waals surface area contributed by atoms with Crippen LogP contribution in [0.15, 0.2) is 52.9 Å². The van der Waals surface area contributed by atoms with Crippen molar-refractivity contribution in [2.24, 2.45) is 7.05 Å². The fraction of sp³-hybridized carbons (Fsp3) is 0.333. The summed E-state index contributed by atoms with van der Waals surface area (Å²) in [4.78, 5) is 17.0. The van der Waals surface area contributed by atoms with E-state index in [1.165, 1.54) is 27.9 Å². The maximum absolute atomic E-state index is 14.0. The molecule has 2 atom stereocenters. The Hall–Kier alpha value is -3.29. The molecule has 4 heterocycles. The van der Waals surface area contributed by atoms with Crippen LogP contribution in [-0.2, 0) is 33.1 Å². The Morgan fingerprint density at radius 3 is 2.80 bits per heavy atom. The fourth-order valence-electron chi connectivity index (χ4n) is 5.54. The third-order valence-corrected chi connectivity index (χ3v) is 11.2. The van der Waals surface area contributed by atoms with Crippen LogP contribution in [0.25, 0.3) is 21.1 Å². The van der Waals surface area contributed by atoms with Gasteiger partial charge in [0.1, 0.15) is 16.5 Å². The van der Waals surface area contributed by atoms with Crippen molar-refractivity contribution in [2.75, 3.05) is 13.2 Å². The highest BCUT2D eigenvalue weighted by molar-refractivity contribution is 7.89. The van der Waals surface area contributed by atoms with Crippen molar-refractivity contribution in [1.29, 1.82) is 0 Å². The molecule has 1 unspecified atom stereocenters. The summed E-state index contributed by atoms with van der Waals surface area (Å²) in [7, 11) is -2.24. The second-order valence-corrected chi connectivity index (χ2v) is 14.2. The first kappa shape index (κ1) is 30.7. The van der Waals surface area contributed by atoms with Crippen LogP contribution >= 0.6 is 34.5 Å².